The predicted molar refractivity (Wildman–Crippen MR) is 104 cm³/mol. The second-order valence-corrected chi connectivity index (χ2v) is 7.88. The summed E-state index contributed by atoms with van der Waals surface area (Å²) in [6, 6.07) is 21.7. The number of rotatable bonds is 8. The summed E-state index contributed by atoms with van der Waals surface area (Å²) in [4.78, 5) is 2.68. The minimum Gasteiger partial charge on any atom is -0.348 e. The summed E-state index contributed by atoms with van der Waals surface area (Å²) < 4.78 is 11.7. The van der Waals surface area contributed by atoms with Crippen molar-refractivity contribution in [1.82, 2.24) is 4.90 Å². The van der Waals surface area contributed by atoms with E-state index in [-0.39, 0.29) is 11.3 Å². The molecule has 3 nitrogen and oxygen atoms in total. The summed E-state index contributed by atoms with van der Waals surface area (Å²) in [5.41, 5.74) is 3.05. The molecule has 4 rings (SSSR count). The quantitative estimate of drug-likeness (QED) is 0.684. The molecule has 1 saturated heterocycles. The van der Waals surface area contributed by atoms with Crippen LogP contribution in [-0.2, 0) is 22.6 Å². The molecule has 2 aromatic carbocycles. The molecule has 0 spiro atoms. The average molecular weight is 351 g/mol. The Balaban J connectivity index is 1.49. The molecule has 0 atom stereocenters. The first-order valence-corrected chi connectivity index (χ1v) is 9.78. The fourth-order valence-corrected chi connectivity index (χ4v) is 4.03. The van der Waals surface area contributed by atoms with Crippen molar-refractivity contribution in [2.75, 3.05) is 13.2 Å². The zero-order chi connectivity index (χ0) is 17.9. The number of hydrogen-bond acceptors (Lipinski definition) is 3. The lowest BCUT2D eigenvalue weighted by molar-refractivity contribution is -0.150. The predicted octanol–water partition coefficient (Wildman–Crippen LogP) is 4.76. The first-order chi connectivity index (χ1) is 12.7. The Morgan fingerprint density at radius 3 is 1.73 bits per heavy atom. The van der Waals surface area contributed by atoms with Gasteiger partial charge in [-0.15, -0.1) is 0 Å². The second-order valence-electron chi connectivity index (χ2n) is 7.88. The fourth-order valence-electron chi connectivity index (χ4n) is 4.03. The summed E-state index contributed by atoms with van der Waals surface area (Å²) in [6.45, 7) is 5.53. The van der Waals surface area contributed by atoms with Crippen LogP contribution in [0.3, 0.4) is 0 Å². The minimum atomic E-state index is -0.388. The van der Waals surface area contributed by atoms with Gasteiger partial charge in [-0.3, -0.25) is 4.90 Å². The van der Waals surface area contributed by atoms with Crippen molar-refractivity contribution in [3.8, 4) is 0 Å². The van der Waals surface area contributed by atoms with Crippen LogP contribution in [0.1, 0.15) is 43.7 Å². The maximum atomic E-state index is 5.84. The van der Waals surface area contributed by atoms with Crippen LogP contribution in [0.4, 0.5) is 0 Å². The van der Waals surface area contributed by atoms with Crippen LogP contribution in [0.15, 0.2) is 60.7 Å². The Hall–Kier alpha value is -1.68. The van der Waals surface area contributed by atoms with Gasteiger partial charge < -0.3 is 9.47 Å². The van der Waals surface area contributed by atoms with E-state index >= 15 is 0 Å². The number of hydrogen-bond donors (Lipinski definition) is 0. The van der Waals surface area contributed by atoms with Crippen molar-refractivity contribution in [3.63, 3.8) is 0 Å². The molecule has 1 aliphatic carbocycles. The van der Waals surface area contributed by atoms with E-state index in [1.54, 1.807) is 0 Å². The summed E-state index contributed by atoms with van der Waals surface area (Å²) >= 11 is 0. The Labute approximate surface area is 156 Å². The molecule has 1 aliphatic heterocycles. The van der Waals surface area contributed by atoms with Gasteiger partial charge in [0.15, 0.2) is 5.79 Å². The smallest absolute Gasteiger partial charge is 0.165 e. The zero-order valence-corrected chi connectivity index (χ0v) is 15.7. The van der Waals surface area contributed by atoms with Gasteiger partial charge in [0.1, 0.15) is 0 Å². The lowest BCUT2D eigenvalue weighted by Crippen LogP contribution is -2.38. The molecule has 1 heterocycles. The van der Waals surface area contributed by atoms with Crippen LogP contribution in [-0.4, -0.2) is 29.4 Å². The van der Waals surface area contributed by atoms with E-state index in [9.17, 15) is 0 Å². The van der Waals surface area contributed by atoms with Gasteiger partial charge >= 0.3 is 0 Å². The van der Waals surface area contributed by atoms with E-state index in [0.29, 0.717) is 0 Å². The Morgan fingerprint density at radius 2 is 1.27 bits per heavy atom. The van der Waals surface area contributed by atoms with E-state index in [2.05, 4.69) is 72.5 Å². The molecular formula is C23H29NO2. The van der Waals surface area contributed by atoms with Gasteiger partial charge in [-0.25, -0.2) is 0 Å². The highest BCUT2D eigenvalue weighted by atomic mass is 16.7. The van der Waals surface area contributed by atoms with Crippen LogP contribution >= 0.6 is 0 Å². The van der Waals surface area contributed by atoms with Gasteiger partial charge in [0.05, 0.1) is 13.2 Å². The first-order valence-electron chi connectivity index (χ1n) is 9.78. The van der Waals surface area contributed by atoms with Gasteiger partial charge in [0, 0.05) is 25.0 Å². The highest BCUT2D eigenvalue weighted by Crippen LogP contribution is 2.48. The largest absolute Gasteiger partial charge is 0.348 e. The third-order valence-electron chi connectivity index (χ3n) is 5.87. The normalized spacial score (nSPS) is 20.4. The Morgan fingerprint density at radius 1 is 0.769 bits per heavy atom. The number of ether oxygens (including phenoxy) is 2. The maximum Gasteiger partial charge on any atom is 0.165 e. The molecule has 0 bridgehead atoms. The van der Waals surface area contributed by atoms with Gasteiger partial charge in [-0.2, -0.15) is 0 Å². The van der Waals surface area contributed by atoms with E-state index in [4.69, 9.17) is 9.47 Å². The number of benzene rings is 2. The van der Waals surface area contributed by atoms with E-state index in [1.807, 2.05) is 0 Å². The highest BCUT2D eigenvalue weighted by molar-refractivity contribution is 5.19. The Bertz CT molecular complexity index is 649. The monoisotopic (exact) mass is 351 g/mol. The van der Waals surface area contributed by atoms with Crippen molar-refractivity contribution in [3.05, 3.63) is 71.8 Å². The zero-order valence-electron chi connectivity index (χ0n) is 15.7. The molecule has 0 N–H and O–H groups in total. The second kappa shape index (κ2) is 7.51. The van der Waals surface area contributed by atoms with Gasteiger partial charge in [0.25, 0.3) is 0 Å². The van der Waals surface area contributed by atoms with Crippen LogP contribution in [0.5, 0.6) is 0 Å². The molecule has 2 aliphatic rings. The van der Waals surface area contributed by atoms with Crippen molar-refractivity contribution >= 4 is 0 Å². The summed E-state index contributed by atoms with van der Waals surface area (Å²) in [5.74, 6) is -0.388. The third-order valence-corrected chi connectivity index (χ3v) is 5.87. The topological polar surface area (TPSA) is 21.7 Å². The maximum absolute atomic E-state index is 5.84. The highest BCUT2D eigenvalue weighted by Gasteiger charge is 2.49. The first kappa shape index (κ1) is 17.7. The lowest BCUT2D eigenvalue weighted by Gasteiger charge is -2.34. The summed E-state index contributed by atoms with van der Waals surface area (Å²) in [7, 11) is 0. The molecule has 2 aromatic rings. The lowest BCUT2D eigenvalue weighted by atomic mass is 10.0. The van der Waals surface area contributed by atoms with Gasteiger partial charge in [-0.05, 0) is 37.3 Å². The summed E-state index contributed by atoms with van der Waals surface area (Å²) in [5, 5.41) is 0. The van der Waals surface area contributed by atoms with Crippen LogP contribution < -0.4 is 0 Å². The molecule has 138 valence electrons. The molecule has 0 amide bonds. The van der Waals surface area contributed by atoms with Crippen LogP contribution in [0.2, 0.25) is 0 Å². The standard InChI is InChI=1S/C23H29NO2/c1-22(25-16-17-26-22)12-13-23(14-15-23)24(18-20-8-4-2-5-9-20)19-21-10-6-3-7-11-21/h2-11H,12-19H2,1H3. The molecule has 1 saturated carbocycles. The van der Waals surface area contributed by atoms with Crippen LogP contribution in [0, 0.1) is 0 Å². The van der Waals surface area contributed by atoms with Crippen molar-refractivity contribution in [2.24, 2.45) is 0 Å². The summed E-state index contributed by atoms with van der Waals surface area (Å²) in [6.07, 6.45) is 4.63. The number of nitrogens with zero attached hydrogens (tertiary/aromatic N) is 1. The fraction of sp³-hybridized carbons (Fsp3) is 0.478. The van der Waals surface area contributed by atoms with Crippen LogP contribution in [0.25, 0.3) is 0 Å². The molecule has 0 aromatic heterocycles. The molecular weight excluding hydrogens is 322 g/mol. The van der Waals surface area contributed by atoms with E-state index in [1.165, 1.54) is 24.0 Å². The molecule has 0 unspecified atom stereocenters. The average Bonchev–Trinajstić information content (AvgIpc) is 3.35. The molecule has 3 heteroatoms. The Kier molecular flexibility index (Phi) is 5.12. The molecule has 2 fully saturated rings. The molecule has 0 radical (unpaired) electrons. The van der Waals surface area contributed by atoms with Crippen molar-refractivity contribution < 1.29 is 9.47 Å². The van der Waals surface area contributed by atoms with E-state index in [0.717, 1.165) is 39.1 Å². The van der Waals surface area contributed by atoms with Gasteiger partial charge in [-0.1, -0.05) is 60.7 Å². The minimum absolute atomic E-state index is 0.282. The van der Waals surface area contributed by atoms with E-state index < -0.39 is 0 Å². The third kappa shape index (κ3) is 4.17. The SMILES string of the molecule is CC1(CCC2(N(Cc3ccccc3)Cc3ccccc3)CC2)OCCO1. The van der Waals surface area contributed by atoms with Gasteiger partial charge in [0.2, 0.25) is 0 Å². The molecule has 26 heavy (non-hydrogen) atoms. The van der Waals surface area contributed by atoms with Crippen molar-refractivity contribution in [2.45, 2.75) is 57.0 Å². The van der Waals surface area contributed by atoms with Crippen molar-refractivity contribution in [1.29, 1.82) is 0 Å².